The molecule has 1 rings (SSSR count). The summed E-state index contributed by atoms with van der Waals surface area (Å²) in [7, 11) is 3.79. The van der Waals surface area contributed by atoms with E-state index in [4.69, 9.17) is 4.42 Å². The fourth-order valence-corrected chi connectivity index (χ4v) is 1.83. The van der Waals surface area contributed by atoms with E-state index in [0.717, 1.165) is 5.76 Å². The second kappa shape index (κ2) is 10.7. The average molecular weight is 448 g/mol. The van der Waals surface area contributed by atoms with Crippen LogP contribution in [0.25, 0.3) is 0 Å². The SMILES string of the molecule is CCNC(=NCC(c1ccco1)N(C)C)NCCC(F)(F)F.I. The van der Waals surface area contributed by atoms with Crippen molar-refractivity contribution in [2.75, 3.05) is 33.7 Å². The van der Waals surface area contributed by atoms with E-state index in [1.165, 1.54) is 0 Å². The smallest absolute Gasteiger partial charge is 0.390 e. The lowest BCUT2D eigenvalue weighted by atomic mass is 10.2. The molecule has 0 aliphatic carbocycles. The van der Waals surface area contributed by atoms with E-state index >= 15 is 0 Å². The van der Waals surface area contributed by atoms with Crippen LogP contribution in [0.3, 0.4) is 0 Å². The summed E-state index contributed by atoms with van der Waals surface area (Å²) < 4.78 is 41.9. The first-order valence-electron chi connectivity index (χ1n) is 7.12. The van der Waals surface area contributed by atoms with Gasteiger partial charge < -0.3 is 15.1 Å². The lowest BCUT2D eigenvalue weighted by Crippen LogP contribution is -2.39. The van der Waals surface area contributed by atoms with E-state index in [-0.39, 0.29) is 36.6 Å². The molecule has 1 aromatic rings. The molecule has 0 spiro atoms. The second-order valence-corrected chi connectivity index (χ2v) is 5.01. The van der Waals surface area contributed by atoms with Gasteiger partial charge in [-0.1, -0.05) is 0 Å². The van der Waals surface area contributed by atoms with Gasteiger partial charge in [0.15, 0.2) is 5.96 Å². The summed E-state index contributed by atoms with van der Waals surface area (Å²) in [5.41, 5.74) is 0. The Bertz CT molecular complexity index is 449. The van der Waals surface area contributed by atoms with E-state index in [1.54, 1.807) is 12.3 Å². The molecule has 0 saturated heterocycles. The Kier molecular flexibility index (Phi) is 10.3. The minimum atomic E-state index is -4.18. The van der Waals surface area contributed by atoms with E-state index in [9.17, 15) is 13.2 Å². The summed E-state index contributed by atoms with van der Waals surface area (Å²) in [4.78, 5) is 6.28. The van der Waals surface area contributed by atoms with Crippen molar-refractivity contribution >= 4 is 29.9 Å². The molecule has 1 heterocycles. The summed E-state index contributed by atoms with van der Waals surface area (Å²) in [5.74, 6) is 1.13. The number of nitrogens with one attached hydrogen (secondary N) is 2. The first-order valence-corrected chi connectivity index (χ1v) is 7.12. The fourth-order valence-electron chi connectivity index (χ4n) is 1.83. The molecule has 5 nitrogen and oxygen atoms in total. The standard InChI is InChI=1S/C14H23F3N4O.HI/c1-4-18-13(19-8-7-14(15,16)17)20-10-11(21(2)3)12-6-5-9-22-12;/h5-6,9,11H,4,7-8,10H2,1-3H3,(H2,18,19,20);1H. The third-order valence-electron chi connectivity index (χ3n) is 2.96. The molecule has 9 heteroatoms. The fraction of sp³-hybridized carbons (Fsp3) is 0.643. The van der Waals surface area contributed by atoms with Crippen LogP contribution in [0.1, 0.15) is 25.1 Å². The number of rotatable bonds is 7. The summed E-state index contributed by atoms with van der Waals surface area (Å²) in [6.45, 7) is 2.60. The predicted octanol–water partition coefficient (Wildman–Crippen LogP) is 3.01. The van der Waals surface area contributed by atoms with Crippen molar-refractivity contribution in [2.24, 2.45) is 4.99 Å². The van der Waals surface area contributed by atoms with E-state index in [0.29, 0.717) is 19.0 Å². The van der Waals surface area contributed by atoms with Crippen LogP contribution >= 0.6 is 24.0 Å². The molecule has 0 fully saturated rings. The van der Waals surface area contributed by atoms with Crippen LogP contribution < -0.4 is 10.6 Å². The summed E-state index contributed by atoms with van der Waals surface area (Å²) in [5, 5.41) is 5.62. The Labute approximate surface area is 151 Å². The Morgan fingerprint density at radius 3 is 2.52 bits per heavy atom. The van der Waals surface area contributed by atoms with Crippen molar-refractivity contribution in [2.45, 2.75) is 25.6 Å². The van der Waals surface area contributed by atoms with Crippen LogP contribution in [0.2, 0.25) is 0 Å². The van der Waals surface area contributed by atoms with Crippen LogP contribution in [0.5, 0.6) is 0 Å². The minimum Gasteiger partial charge on any atom is -0.468 e. The highest BCUT2D eigenvalue weighted by Crippen LogP contribution is 2.19. The Morgan fingerprint density at radius 1 is 1.35 bits per heavy atom. The summed E-state index contributed by atoms with van der Waals surface area (Å²) >= 11 is 0. The molecule has 0 amide bonds. The highest BCUT2D eigenvalue weighted by Gasteiger charge is 2.26. The molecule has 1 atom stereocenters. The van der Waals surface area contributed by atoms with E-state index < -0.39 is 12.6 Å². The molecular formula is C14H24F3IN4O. The number of likely N-dealkylation sites (N-methyl/N-ethyl adjacent to an activating group) is 1. The third kappa shape index (κ3) is 9.04. The highest BCUT2D eigenvalue weighted by molar-refractivity contribution is 14.0. The van der Waals surface area contributed by atoms with Gasteiger partial charge in [0.05, 0.1) is 25.3 Å². The molecule has 0 saturated carbocycles. The third-order valence-corrected chi connectivity index (χ3v) is 2.96. The Hall–Kier alpha value is -0.970. The lowest BCUT2D eigenvalue weighted by Gasteiger charge is -2.21. The second-order valence-electron chi connectivity index (χ2n) is 5.01. The van der Waals surface area contributed by atoms with Crippen LogP contribution in [0.15, 0.2) is 27.8 Å². The minimum absolute atomic E-state index is 0. The van der Waals surface area contributed by atoms with Gasteiger partial charge in [-0.25, -0.2) is 0 Å². The molecule has 0 aliphatic rings. The van der Waals surface area contributed by atoms with Crippen molar-refractivity contribution in [1.29, 1.82) is 0 Å². The molecular weight excluding hydrogens is 424 g/mol. The van der Waals surface area contributed by atoms with Crippen molar-refractivity contribution < 1.29 is 17.6 Å². The molecule has 0 bridgehead atoms. The predicted molar refractivity (Wildman–Crippen MR) is 95.2 cm³/mol. The van der Waals surface area contributed by atoms with Crippen LogP contribution in [-0.2, 0) is 0 Å². The maximum absolute atomic E-state index is 12.2. The molecule has 0 radical (unpaired) electrons. The van der Waals surface area contributed by atoms with E-state index in [2.05, 4.69) is 15.6 Å². The zero-order valence-electron chi connectivity index (χ0n) is 13.5. The molecule has 2 N–H and O–H groups in total. The first kappa shape index (κ1) is 22.0. The number of hydrogen-bond donors (Lipinski definition) is 2. The number of alkyl halides is 3. The number of aliphatic imine (C=N–C) groups is 1. The van der Waals surface area contributed by atoms with Gasteiger partial charge in [-0.2, -0.15) is 13.2 Å². The van der Waals surface area contributed by atoms with Crippen molar-refractivity contribution in [3.8, 4) is 0 Å². The number of guanidine groups is 1. The van der Waals surface area contributed by atoms with Crippen LogP contribution in [-0.4, -0.2) is 50.8 Å². The van der Waals surface area contributed by atoms with Gasteiger partial charge in [-0.05, 0) is 33.2 Å². The lowest BCUT2D eigenvalue weighted by molar-refractivity contribution is -0.132. The number of nitrogens with zero attached hydrogens (tertiary/aromatic N) is 2. The Balaban J connectivity index is 0.00000484. The molecule has 0 aromatic carbocycles. The first-order chi connectivity index (χ1) is 10.3. The molecule has 1 aromatic heterocycles. The monoisotopic (exact) mass is 448 g/mol. The van der Waals surface area contributed by atoms with Gasteiger partial charge in [-0.15, -0.1) is 24.0 Å². The van der Waals surface area contributed by atoms with Gasteiger partial charge in [0.2, 0.25) is 0 Å². The maximum Gasteiger partial charge on any atom is 0.390 e. The van der Waals surface area contributed by atoms with E-state index in [1.807, 2.05) is 32.0 Å². The maximum atomic E-state index is 12.2. The zero-order valence-corrected chi connectivity index (χ0v) is 15.8. The Morgan fingerprint density at radius 2 is 2.04 bits per heavy atom. The van der Waals surface area contributed by atoms with Gasteiger partial charge in [-0.3, -0.25) is 9.89 Å². The molecule has 1 unspecified atom stereocenters. The van der Waals surface area contributed by atoms with Crippen LogP contribution in [0.4, 0.5) is 13.2 Å². The normalized spacial score (nSPS) is 13.6. The molecule has 134 valence electrons. The van der Waals surface area contributed by atoms with Gasteiger partial charge in [0.1, 0.15) is 5.76 Å². The average Bonchev–Trinajstić information content (AvgIpc) is 2.90. The topological polar surface area (TPSA) is 52.8 Å². The summed E-state index contributed by atoms with van der Waals surface area (Å²) in [6.07, 6.45) is -3.49. The van der Waals surface area contributed by atoms with Gasteiger partial charge in [0, 0.05) is 13.1 Å². The number of halogens is 4. The highest BCUT2D eigenvalue weighted by atomic mass is 127. The summed E-state index contributed by atoms with van der Waals surface area (Å²) in [6, 6.07) is 3.57. The van der Waals surface area contributed by atoms with Crippen molar-refractivity contribution in [1.82, 2.24) is 15.5 Å². The van der Waals surface area contributed by atoms with Gasteiger partial charge >= 0.3 is 6.18 Å². The zero-order chi connectivity index (χ0) is 16.6. The van der Waals surface area contributed by atoms with Crippen molar-refractivity contribution in [3.05, 3.63) is 24.2 Å². The number of furan rings is 1. The van der Waals surface area contributed by atoms with Gasteiger partial charge in [0.25, 0.3) is 0 Å². The van der Waals surface area contributed by atoms with Crippen LogP contribution in [0, 0.1) is 0 Å². The molecule has 23 heavy (non-hydrogen) atoms. The quantitative estimate of drug-likeness (QED) is 0.383. The van der Waals surface area contributed by atoms with Crippen molar-refractivity contribution in [3.63, 3.8) is 0 Å². The number of hydrogen-bond acceptors (Lipinski definition) is 3. The largest absolute Gasteiger partial charge is 0.468 e. The molecule has 0 aliphatic heterocycles.